The molecule has 0 bridgehead atoms. The minimum atomic E-state index is 0. The summed E-state index contributed by atoms with van der Waals surface area (Å²) in [6.07, 6.45) is 0. The van der Waals surface area contributed by atoms with E-state index in [-0.39, 0.29) is 18.3 Å². The highest BCUT2D eigenvalue weighted by atomic mass is 35.5. The summed E-state index contributed by atoms with van der Waals surface area (Å²) in [7, 11) is 0. The Morgan fingerprint density at radius 2 is 2.11 bits per heavy atom. The SMILES string of the molecule is Cc1ccc(C)c(C(=O)N2CCN[C@H](C)C2)c1.Cl. The van der Waals surface area contributed by atoms with Gasteiger partial charge >= 0.3 is 0 Å². The standard InChI is InChI=1S/C14H20N2O.ClH/c1-10-4-5-11(2)13(8-10)14(17)16-7-6-15-12(3)9-16;/h4-5,8,12,15H,6-7,9H2,1-3H3;1H/t12-;/m1./s1. The molecule has 1 amide bonds. The monoisotopic (exact) mass is 268 g/mol. The Morgan fingerprint density at radius 3 is 2.78 bits per heavy atom. The lowest BCUT2D eigenvalue weighted by molar-refractivity contribution is 0.0708. The summed E-state index contributed by atoms with van der Waals surface area (Å²) in [6.45, 7) is 8.62. The molecule has 1 fully saturated rings. The van der Waals surface area contributed by atoms with Crippen LogP contribution in [-0.4, -0.2) is 36.5 Å². The third kappa shape index (κ3) is 3.24. The van der Waals surface area contributed by atoms with Gasteiger partial charge < -0.3 is 10.2 Å². The fraction of sp³-hybridized carbons (Fsp3) is 0.500. The minimum Gasteiger partial charge on any atom is -0.336 e. The topological polar surface area (TPSA) is 32.3 Å². The van der Waals surface area contributed by atoms with Crippen molar-refractivity contribution in [1.82, 2.24) is 10.2 Å². The molecule has 18 heavy (non-hydrogen) atoms. The second-order valence-corrected chi connectivity index (χ2v) is 4.92. The zero-order chi connectivity index (χ0) is 12.4. The van der Waals surface area contributed by atoms with Gasteiger partial charge in [-0.15, -0.1) is 12.4 Å². The predicted octanol–water partition coefficient (Wildman–Crippen LogP) is 2.16. The number of hydrogen-bond acceptors (Lipinski definition) is 2. The molecule has 1 heterocycles. The Hall–Kier alpha value is -1.06. The summed E-state index contributed by atoms with van der Waals surface area (Å²) in [6, 6.07) is 6.45. The molecule has 4 heteroatoms. The first kappa shape index (κ1) is 15.0. The molecule has 1 saturated heterocycles. The normalized spacial score (nSPS) is 19.3. The van der Waals surface area contributed by atoms with E-state index in [1.165, 1.54) is 0 Å². The number of nitrogens with zero attached hydrogens (tertiary/aromatic N) is 1. The Kier molecular flexibility index (Phi) is 5.17. The molecule has 1 aromatic rings. The molecule has 100 valence electrons. The zero-order valence-corrected chi connectivity index (χ0v) is 12.0. The molecule has 0 spiro atoms. The van der Waals surface area contributed by atoms with Crippen LogP contribution >= 0.6 is 12.4 Å². The lowest BCUT2D eigenvalue weighted by Crippen LogP contribution is -2.51. The van der Waals surface area contributed by atoms with Gasteiger partial charge in [0.1, 0.15) is 0 Å². The molecule has 1 aliphatic heterocycles. The Morgan fingerprint density at radius 1 is 1.39 bits per heavy atom. The van der Waals surface area contributed by atoms with Crippen LogP contribution in [0.4, 0.5) is 0 Å². The summed E-state index contributed by atoms with van der Waals surface area (Å²) < 4.78 is 0. The number of hydrogen-bond donors (Lipinski definition) is 1. The number of benzene rings is 1. The van der Waals surface area contributed by atoms with E-state index in [2.05, 4.69) is 12.2 Å². The molecule has 2 rings (SSSR count). The van der Waals surface area contributed by atoms with Crippen molar-refractivity contribution in [2.75, 3.05) is 19.6 Å². The molecule has 1 N–H and O–H groups in total. The average Bonchev–Trinajstić information content (AvgIpc) is 2.31. The van der Waals surface area contributed by atoms with Crippen LogP contribution in [0.15, 0.2) is 18.2 Å². The average molecular weight is 269 g/mol. The molecule has 0 saturated carbocycles. The van der Waals surface area contributed by atoms with Crippen LogP contribution in [0.5, 0.6) is 0 Å². The van der Waals surface area contributed by atoms with Crippen LogP contribution in [-0.2, 0) is 0 Å². The van der Waals surface area contributed by atoms with Crippen LogP contribution in [0.25, 0.3) is 0 Å². The van der Waals surface area contributed by atoms with Gasteiger partial charge in [-0.2, -0.15) is 0 Å². The maximum atomic E-state index is 12.4. The van der Waals surface area contributed by atoms with Crippen LogP contribution in [0.1, 0.15) is 28.4 Å². The number of nitrogens with one attached hydrogen (secondary N) is 1. The van der Waals surface area contributed by atoms with Gasteiger partial charge in [0.05, 0.1) is 0 Å². The van der Waals surface area contributed by atoms with Crippen molar-refractivity contribution in [2.45, 2.75) is 26.8 Å². The van der Waals surface area contributed by atoms with Gasteiger partial charge in [-0.25, -0.2) is 0 Å². The van der Waals surface area contributed by atoms with Gasteiger partial charge in [0.15, 0.2) is 0 Å². The molecule has 0 aliphatic carbocycles. The maximum absolute atomic E-state index is 12.4. The zero-order valence-electron chi connectivity index (χ0n) is 11.2. The summed E-state index contributed by atoms with van der Waals surface area (Å²) in [4.78, 5) is 14.4. The first-order chi connectivity index (χ1) is 8.08. The summed E-state index contributed by atoms with van der Waals surface area (Å²) in [5, 5.41) is 3.35. The fourth-order valence-electron chi connectivity index (χ4n) is 2.25. The highest BCUT2D eigenvalue weighted by Crippen LogP contribution is 2.14. The second-order valence-electron chi connectivity index (χ2n) is 4.92. The lowest BCUT2D eigenvalue weighted by Gasteiger charge is -2.32. The van der Waals surface area contributed by atoms with E-state index in [1.54, 1.807) is 0 Å². The molecule has 1 aliphatic rings. The van der Waals surface area contributed by atoms with Crippen molar-refractivity contribution < 1.29 is 4.79 Å². The fourth-order valence-corrected chi connectivity index (χ4v) is 2.25. The van der Waals surface area contributed by atoms with Gasteiger partial charge in [0.25, 0.3) is 5.91 Å². The predicted molar refractivity (Wildman–Crippen MR) is 76.5 cm³/mol. The molecule has 3 nitrogen and oxygen atoms in total. The van der Waals surface area contributed by atoms with Crippen molar-refractivity contribution in [2.24, 2.45) is 0 Å². The highest BCUT2D eigenvalue weighted by Gasteiger charge is 2.22. The Bertz CT molecular complexity index is 434. The second kappa shape index (κ2) is 6.21. The third-order valence-electron chi connectivity index (χ3n) is 3.28. The number of rotatable bonds is 1. The van der Waals surface area contributed by atoms with Gasteiger partial charge in [-0.05, 0) is 32.4 Å². The van der Waals surface area contributed by atoms with E-state index in [0.29, 0.717) is 6.04 Å². The molecule has 1 aromatic carbocycles. The van der Waals surface area contributed by atoms with Crippen LogP contribution in [0, 0.1) is 13.8 Å². The van der Waals surface area contributed by atoms with E-state index < -0.39 is 0 Å². The summed E-state index contributed by atoms with van der Waals surface area (Å²) in [5.41, 5.74) is 3.05. The van der Waals surface area contributed by atoms with Crippen LogP contribution in [0.3, 0.4) is 0 Å². The Balaban J connectivity index is 0.00000162. The first-order valence-electron chi connectivity index (χ1n) is 6.18. The van der Waals surface area contributed by atoms with Crippen molar-refractivity contribution in [3.8, 4) is 0 Å². The quantitative estimate of drug-likeness (QED) is 0.847. The van der Waals surface area contributed by atoms with Crippen molar-refractivity contribution >= 4 is 18.3 Å². The lowest BCUT2D eigenvalue weighted by atomic mass is 10.0. The van der Waals surface area contributed by atoms with Crippen molar-refractivity contribution in [3.63, 3.8) is 0 Å². The molecule has 0 aromatic heterocycles. The highest BCUT2D eigenvalue weighted by molar-refractivity contribution is 5.96. The molecule has 1 atom stereocenters. The van der Waals surface area contributed by atoms with E-state index in [4.69, 9.17) is 0 Å². The molecule has 0 unspecified atom stereocenters. The molecular weight excluding hydrogens is 248 g/mol. The number of amides is 1. The third-order valence-corrected chi connectivity index (χ3v) is 3.28. The van der Waals surface area contributed by atoms with E-state index in [0.717, 1.165) is 36.3 Å². The van der Waals surface area contributed by atoms with Crippen LogP contribution < -0.4 is 5.32 Å². The first-order valence-corrected chi connectivity index (χ1v) is 6.18. The minimum absolute atomic E-state index is 0. The number of carbonyl (C=O) groups is 1. The van der Waals surface area contributed by atoms with Gasteiger partial charge in [-0.1, -0.05) is 17.7 Å². The Labute approximate surface area is 115 Å². The number of halogens is 1. The van der Waals surface area contributed by atoms with E-state index >= 15 is 0 Å². The smallest absolute Gasteiger partial charge is 0.254 e. The number of carbonyl (C=O) groups excluding carboxylic acids is 1. The van der Waals surface area contributed by atoms with Gasteiger partial charge in [-0.3, -0.25) is 4.79 Å². The largest absolute Gasteiger partial charge is 0.336 e. The molecule has 0 radical (unpaired) electrons. The van der Waals surface area contributed by atoms with Gasteiger partial charge in [0.2, 0.25) is 0 Å². The molecular formula is C14H21ClN2O. The van der Waals surface area contributed by atoms with Gasteiger partial charge in [0, 0.05) is 31.2 Å². The van der Waals surface area contributed by atoms with E-state index in [1.807, 2.05) is 36.9 Å². The van der Waals surface area contributed by atoms with E-state index in [9.17, 15) is 4.79 Å². The number of piperazine rings is 1. The summed E-state index contributed by atoms with van der Waals surface area (Å²) >= 11 is 0. The maximum Gasteiger partial charge on any atom is 0.254 e. The van der Waals surface area contributed by atoms with Crippen molar-refractivity contribution in [1.29, 1.82) is 0 Å². The van der Waals surface area contributed by atoms with Crippen molar-refractivity contribution in [3.05, 3.63) is 34.9 Å². The summed E-state index contributed by atoms with van der Waals surface area (Å²) in [5.74, 6) is 0.166. The van der Waals surface area contributed by atoms with Crippen LogP contribution in [0.2, 0.25) is 0 Å². The number of aryl methyl sites for hydroxylation is 2.